The number of rotatable bonds is 5. The molecule has 120 valence electrons. The van der Waals surface area contributed by atoms with Crippen molar-refractivity contribution >= 4 is 33.4 Å². The van der Waals surface area contributed by atoms with Crippen LogP contribution in [0.25, 0.3) is 0 Å². The smallest absolute Gasteiger partial charge is 0.251 e. The van der Waals surface area contributed by atoms with Crippen LogP contribution in [0.2, 0.25) is 0 Å². The summed E-state index contributed by atoms with van der Waals surface area (Å²) in [5.41, 5.74) is 2.07. The number of carbonyl (C=O) groups is 2. The first-order chi connectivity index (χ1) is 11.0. The Labute approximate surface area is 143 Å². The van der Waals surface area contributed by atoms with Gasteiger partial charge in [0.25, 0.3) is 5.91 Å². The molecule has 23 heavy (non-hydrogen) atoms. The molecular formula is C17H17BrN2O3. The predicted molar refractivity (Wildman–Crippen MR) is 92.8 cm³/mol. The zero-order valence-electron chi connectivity index (χ0n) is 12.9. The van der Waals surface area contributed by atoms with E-state index in [1.54, 1.807) is 37.4 Å². The minimum atomic E-state index is -0.299. The first kappa shape index (κ1) is 17.0. The lowest BCUT2D eigenvalue weighted by molar-refractivity contribution is -0.115. The quantitative estimate of drug-likeness (QED) is 0.842. The highest BCUT2D eigenvalue weighted by Gasteiger charge is 2.09. The summed E-state index contributed by atoms with van der Waals surface area (Å²) in [4.78, 5) is 23.9. The number of nitrogens with one attached hydrogen (secondary N) is 2. The van der Waals surface area contributed by atoms with Crippen molar-refractivity contribution < 1.29 is 14.3 Å². The molecule has 0 heterocycles. The summed E-state index contributed by atoms with van der Waals surface area (Å²) >= 11 is 3.30. The average Bonchev–Trinajstić information content (AvgIpc) is 2.53. The number of anilines is 1. The molecule has 0 aromatic heterocycles. The topological polar surface area (TPSA) is 67.4 Å². The van der Waals surface area contributed by atoms with Gasteiger partial charge in [0.15, 0.2) is 0 Å². The molecule has 2 aromatic rings. The normalized spacial score (nSPS) is 10.0. The molecule has 6 heteroatoms. The van der Waals surface area contributed by atoms with Crippen LogP contribution in [0.1, 0.15) is 15.9 Å². The molecule has 0 radical (unpaired) electrons. The highest BCUT2D eigenvalue weighted by molar-refractivity contribution is 9.10. The van der Waals surface area contributed by atoms with Crippen LogP contribution in [0.4, 0.5) is 5.69 Å². The van der Waals surface area contributed by atoms with Gasteiger partial charge in [0, 0.05) is 15.7 Å². The summed E-state index contributed by atoms with van der Waals surface area (Å²) in [5.74, 6) is 0.163. The van der Waals surface area contributed by atoms with Crippen LogP contribution >= 0.6 is 15.9 Å². The SMILES string of the molecule is COc1ccc(NC(=O)CNC(=O)c2cccc(Br)c2)cc1C. The molecule has 0 unspecified atom stereocenters. The summed E-state index contributed by atoms with van der Waals surface area (Å²) in [6.45, 7) is 1.79. The van der Waals surface area contributed by atoms with Crippen LogP contribution in [-0.2, 0) is 4.79 Å². The fraction of sp³-hybridized carbons (Fsp3) is 0.176. The monoisotopic (exact) mass is 376 g/mol. The van der Waals surface area contributed by atoms with E-state index in [2.05, 4.69) is 26.6 Å². The summed E-state index contributed by atoms with van der Waals surface area (Å²) < 4.78 is 5.98. The second-order valence-corrected chi connectivity index (χ2v) is 5.84. The van der Waals surface area contributed by atoms with Gasteiger partial charge in [-0.3, -0.25) is 9.59 Å². The summed E-state index contributed by atoms with van der Waals surface area (Å²) in [5, 5.41) is 5.32. The first-order valence-electron chi connectivity index (χ1n) is 6.98. The molecule has 0 aliphatic rings. The van der Waals surface area contributed by atoms with Gasteiger partial charge >= 0.3 is 0 Å². The maximum Gasteiger partial charge on any atom is 0.251 e. The number of ether oxygens (including phenoxy) is 1. The Bertz CT molecular complexity index is 732. The van der Waals surface area contributed by atoms with E-state index in [1.165, 1.54) is 0 Å². The number of hydrogen-bond donors (Lipinski definition) is 2. The van der Waals surface area contributed by atoms with Crippen LogP contribution in [0.5, 0.6) is 5.75 Å². The van der Waals surface area contributed by atoms with Crippen LogP contribution in [0.3, 0.4) is 0 Å². The maximum absolute atomic E-state index is 12.0. The van der Waals surface area contributed by atoms with Gasteiger partial charge in [-0.1, -0.05) is 22.0 Å². The van der Waals surface area contributed by atoms with Gasteiger partial charge in [-0.15, -0.1) is 0 Å². The fourth-order valence-electron chi connectivity index (χ4n) is 2.05. The molecule has 0 bridgehead atoms. The zero-order chi connectivity index (χ0) is 16.8. The zero-order valence-corrected chi connectivity index (χ0v) is 14.4. The number of methoxy groups -OCH3 is 1. The Balaban J connectivity index is 1.90. The van der Waals surface area contributed by atoms with E-state index in [-0.39, 0.29) is 18.4 Å². The van der Waals surface area contributed by atoms with E-state index in [0.717, 1.165) is 15.8 Å². The number of halogens is 1. The van der Waals surface area contributed by atoms with E-state index >= 15 is 0 Å². The van der Waals surface area contributed by atoms with Gasteiger partial charge in [0.1, 0.15) is 5.75 Å². The lowest BCUT2D eigenvalue weighted by Crippen LogP contribution is -2.32. The molecule has 5 nitrogen and oxygen atoms in total. The second kappa shape index (κ2) is 7.78. The molecular weight excluding hydrogens is 360 g/mol. The number of aryl methyl sites for hydroxylation is 1. The van der Waals surface area contributed by atoms with Gasteiger partial charge in [0.05, 0.1) is 13.7 Å². The highest BCUT2D eigenvalue weighted by Crippen LogP contribution is 2.21. The van der Waals surface area contributed by atoms with Crippen molar-refractivity contribution in [3.05, 3.63) is 58.1 Å². The van der Waals surface area contributed by atoms with Crippen molar-refractivity contribution in [1.82, 2.24) is 5.32 Å². The molecule has 0 fully saturated rings. The number of amides is 2. The van der Waals surface area contributed by atoms with E-state index in [0.29, 0.717) is 11.3 Å². The Morgan fingerprint density at radius 3 is 2.61 bits per heavy atom. The van der Waals surface area contributed by atoms with Gasteiger partial charge in [-0.05, 0) is 48.9 Å². The Morgan fingerprint density at radius 2 is 1.96 bits per heavy atom. The Kier molecular flexibility index (Phi) is 5.76. The molecule has 0 aliphatic carbocycles. The number of hydrogen-bond acceptors (Lipinski definition) is 3. The molecule has 0 spiro atoms. The third-order valence-corrected chi connectivity index (χ3v) is 3.67. The van der Waals surface area contributed by atoms with E-state index in [1.807, 2.05) is 19.1 Å². The van der Waals surface area contributed by atoms with Crippen molar-refractivity contribution in [3.8, 4) is 5.75 Å². The van der Waals surface area contributed by atoms with E-state index < -0.39 is 0 Å². The average molecular weight is 377 g/mol. The third kappa shape index (κ3) is 4.82. The number of carbonyl (C=O) groups excluding carboxylic acids is 2. The van der Waals surface area contributed by atoms with Gasteiger partial charge < -0.3 is 15.4 Å². The predicted octanol–water partition coefficient (Wildman–Crippen LogP) is 3.13. The van der Waals surface area contributed by atoms with Crippen LogP contribution in [0.15, 0.2) is 46.9 Å². The Morgan fingerprint density at radius 1 is 1.17 bits per heavy atom. The van der Waals surface area contributed by atoms with Gasteiger partial charge in [-0.25, -0.2) is 0 Å². The van der Waals surface area contributed by atoms with E-state index in [9.17, 15) is 9.59 Å². The molecule has 2 N–H and O–H groups in total. The van der Waals surface area contributed by atoms with Crippen molar-refractivity contribution in [2.75, 3.05) is 19.0 Å². The molecule has 0 saturated carbocycles. The summed E-state index contributed by atoms with van der Waals surface area (Å²) in [6, 6.07) is 12.3. The molecule has 2 rings (SSSR count). The lowest BCUT2D eigenvalue weighted by Gasteiger charge is -2.10. The maximum atomic E-state index is 12.0. The van der Waals surface area contributed by atoms with Crippen molar-refractivity contribution in [3.63, 3.8) is 0 Å². The molecule has 2 aromatic carbocycles. The van der Waals surface area contributed by atoms with Crippen molar-refractivity contribution in [2.45, 2.75) is 6.92 Å². The second-order valence-electron chi connectivity index (χ2n) is 4.93. The van der Waals surface area contributed by atoms with Gasteiger partial charge in [-0.2, -0.15) is 0 Å². The minimum absolute atomic E-state index is 0.101. The standard InChI is InChI=1S/C17H17BrN2O3/c1-11-8-14(6-7-15(11)23-2)20-16(21)10-19-17(22)12-4-3-5-13(18)9-12/h3-9H,10H2,1-2H3,(H,19,22)(H,20,21). The van der Waals surface area contributed by atoms with Crippen LogP contribution in [-0.4, -0.2) is 25.5 Å². The molecule has 2 amide bonds. The van der Waals surface area contributed by atoms with Crippen molar-refractivity contribution in [2.24, 2.45) is 0 Å². The number of benzene rings is 2. The largest absolute Gasteiger partial charge is 0.496 e. The van der Waals surface area contributed by atoms with Gasteiger partial charge in [0.2, 0.25) is 5.91 Å². The third-order valence-electron chi connectivity index (χ3n) is 3.17. The first-order valence-corrected chi connectivity index (χ1v) is 7.77. The molecule has 0 atom stereocenters. The lowest BCUT2D eigenvalue weighted by atomic mass is 10.2. The minimum Gasteiger partial charge on any atom is -0.496 e. The summed E-state index contributed by atoms with van der Waals surface area (Å²) in [7, 11) is 1.60. The highest BCUT2D eigenvalue weighted by atomic mass is 79.9. The van der Waals surface area contributed by atoms with Crippen LogP contribution < -0.4 is 15.4 Å². The van der Waals surface area contributed by atoms with Crippen molar-refractivity contribution in [1.29, 1.82) is 0 Å². The molecule has 0 aliphatic heterocycles. The fourth-order valence-corrected chi connectivity index (χ4v) is 2.45. The summed E-state index contributed by atoms with van der Waals surface area (Å²) in [6.07, 6.45) is 0. The van der Waals surface area contributed by atoms with Crippen LogP contribution in [0, 0.1) is 6.92 Å². The molecule has 0 saturated heterocycles. The Hall–Kier alpha value is -2.34. The van der Waals surface area contributed by atoms with E-state index in [4.69, 9.17) is 4.74 Å².